The number of fused-ring (bicyclic) bond motifs is 3. The molecule has 7 rings (SSSR count). The number of rotatable bonds is 3. The Kier molecular flexibility index (Phi) is 5.41. The monoisotopic (exact) mass is 539 g/mol. The van der Waals surface area contributed by atoms with Crippen molar-refractivity contribution in [3.8, 4) is 11.5 Å². The largest absolute Gasteiger partial charge is 0.507 e. The highest BCUT2D eigenvalue weighted by Crippen LogP contribution is 2.56. The Morgan fingerprint density at radius 1 is 0.634 bits per heavy atom. The molecule has 0 atom stereocenters. The summed E-state index contributed by atoms with van der Waals surface area (Å²) >= 11 is 0. The molecule has 0 saturated heterocycles. The van der Waals surface area contributed by atoms with Crippen LogP contribution in [-0.4, -0.2) is 22.0 Å². The Morgan fingerprint density at radius 2 is 1.17 bits per heavy atom. The molecule has 0 aliphatic carbocycles. The molecule has 0 unspecified atom stereocenters. The van der Waals surface area contributed by atoms with Crippen molar-refractivity contribution in [2.45, 2.75) is 5.41 Å². The summed E-state index contributed by atoms with van der Waals surface area (Å²) in [6, 6.07) is 33.2. The van der Waals surface area contributed by atoms with Gasteiger partial charge in [-0.3, -0.25) is 9.59 Å². The van der Waals surface area contributed by atoms with E-state index in [4.69, 9.17) is 0 Å². The minimum Gasteiger partial charge on any atom is -0.507 e. The zero-order chi connectivity index (χ0) is 28.3. The van der Waals surface area contributed by atoms with Crippen LogP contribution in [0.2, 0.25) is 0 Å². The lowest BCUT2D eigenvalue weighted by Crippen LogP contribution is -2.45. The minimum absolute atomic E-state index is 0.127. The van der Waals surface area contributed by atoms with Crippen molar-refractivity contribution < 1.29 is 24.2 Å². The van der Waals surface area contributed by atoms with Gasteiger partial charge >= 0.3 is 0 Å². The van der Waals surface area contributed by atoms with Crippen LogP contribution in [0.1, 0.15) is 27.0 Å². The van der Waals surface area contributed by atoms with Gasteiger partial charge in [-0.25, -0.2) is 9.29 Å². The fraction of sp³-hybridized carbons (Fsp3) is 0.0286. The number of carbonyl (C=O) groups is 2. The highest BCUT2D eigenvalue weighted by atomic mass is 19.1. The van der Waals surface area contributed by atoms with E-state index in [-0.39, 0.29) is 39.4 Å². The van der Waals surface area contributed by atoms with Crippen LogP contribution in [0, 0.1) is 5.82 Å². The number of benzene rings is 6. The average Bonchev–Trinajstić information content (AvgIpc) is 3.25. The van der Waals surface area contributed by atoms with Crippen molar-refractivity contribution >= 4 is 39.0 Å². The average molecular weight is 540 g/mol. The number of phenols is 2. The molecule has 0 bridgehead atoms. The minimum atomic E-state index is -1.95. The van der Waals surface area contributed by atoms with E-state index in [0.717, 1.165) is 15.7 Å². The molecule has 5 nitrogen and oxygen atoms in total. The van der Waals surface area contributed by atoms with E-state index in [9.17, 15) is 19.8 Å². The summed E-state index contributed by atoms with van der Waals surface area (Å²) in [6.07, 6.45) is 0. The van der Waals surface area contributed by atoms with Gasteiger partial charge in [-0.05, 0) is 41.1 Å². The first-order valence-electron chi connectivity index (χ1n) is 13.1. The smallest absolute Gasteiger partial charge is 0.265 e. The predicted octanol–water partition coefficient (Wildman–Crippen LogP) is 7.06. The second-order valence-electron chi connectivity index (χ2n) is 10.1. The number of aromatic hydroxyl groups is 2. The van der Waals surface area contributed by atoms with Gasteiger partial charge in [0.05, 0.1) is 5.69 Å². The number of amides is 2. The molecule has 2 N–H and O–H groups in total. The van der Waals surface area contributed by atoms with Gasteiger partial charge in [0.25, 0.3) is 11.8 Å². The van der Waals surface area contributed by atoms with Gasteiger partial charge in [0.1, 0.15) is 22.7 Å². The summed E-state index contributed by atoms with van der Waals surface area (Å²) in [4.78, 5) is 29.9. The van der Waals surface area contributed by atoms with Crippen LogP contribution in [0.4, 0.5) is 10.1 Å². The van der Waals surface area contributed by atoms with Crippen LogP contribution in [0.3, 0.4) is 0 Å². The lowest BCUT2D eigenvalue weighted by atomic mass is 9.68. The van der Waals surface area contributed by atoms with Gasteiger partial charge in [0, 0.05) is 33.0 Å². The molecule has 0 spiro atoms. The molecule has 0 aromatic heterocycles. The Morgan fingerprint density at radius 3 is 1.76 bits per heavy atom. The first-order valence-corrected chi connectivity index (χ1v) is 13.1. The van der Waals surface area contributed by atoms with Crippen LogP contribution < -0.4 is 4.90 Å². The van der Waals surface area contributed by atoms with Crippen molar-refractivity contribution in [3.05, 3.63) is 149 Å². The third kappa shape index (κ3) is 3.40. The molecule has 0 radical (unpaired) electrons. The maximum Gasteiger partial charge on any atom is 0.265 e. The van der Waals surface area contributed by atoms with E-state index in [1.807, 2.05) is 24.3 Å². The first-order chi connectivity index (χ1) is 19.9. The van der Waals surface area contributed by atoms with Gasteiger partial charge in [0.15, 0.2) is 0 Å². The maximum atomic E-state index is 15.1. The molecule has 0 saturated carbocycles. The van der Waals surface area contributed by atoms with Crippen molar-refractivity contribution in [1.29, 1.82) is 0 Å². The summed E-state index contributed by atoms with van der Waals surface area (Å²) in [6.45, 7) is 0. The highest BCUT2D eigenvalue weighted by molar-refractivity contribution is 6.29. The Labute approximate surface area is 234 Å². The van der Waals surface area contributed by atoms with Gasteiger partial charge in [-0.2, -0.15) is 0 Å². The van der Waals surface area contributed by atoms with Crippen molar-refractivity contribution in [1.82, 2.24) is 0 Å². The van der Waals surface area contributed by atoms with E-state index in [2.05, 4.69) is 0 Å². The van der Waals surface area contributed by atoms with Gasteiger partial charge < -0.3 is 10.2 Å². The molecule has 1 aliphatic heterocycles. The summed E-state index contributed by atoms with van der Waals surface area (Å²) in [5, 5.41) is 25.9. The molecule has 0 fully saturated rings. The van der Waals surface area contributed by atoms with E-state index >= 15 is 4.39 Å². The van der Waals surface area contributed by atoms with Crippen LogP contribution in [0.15, 0.2) is 121 Å². The SMILES string of the molecule is O=C(c1ccccc1)N1C(=O)C(c2ccc3ccccc3c2O)(c2ccc3ccccc3c2O)c2cc(F)ccc21. The molecule has 6 heteroatoms. The topological polar surface area (TPSA) is 77.8 Å². The fourth-order valence-corrected chi connectivity index (χ4v) is 6.09. The van der Waals surface area contributed by atoms with Crippen LogP contribution in [0.25, 0.3) is 21.5 Å². The molecule has 2 amide bonds. The van der Waals surface area contributed by atoms with Crippen molar-refractivity contribution in [2.24, 2.45) is 0 Å². The van der Waals surface area contributed by atoms with E-state index in [0.29, 0.717) is 10.8 Å². The number of nitrogens with zero attached hydrogens (tertiary/aromatic N) is 1. The number of imide groups is 1. The van der Waals surface area contributed by atoms with Gasteiger partial charge in [-0.15, -0.1) is 0 Å². The Bertz CT molecular complexity index is 1950. The molecule has 6 aromatic carbocycles. The van der Waals surface area contributed by atoms with Crippen molar-refractivity contribution in [3.63, 3.8) is 0 Å². The van der Waals surface area contributed by atoms with Crippen LogP contribution in [0.5, 0.6) is 11.5 Å². The Balaban J connectivity index is 1.63. The number of hydrogen-bond acceptors (Lipinski definition) is 4. The molecule has 41 heavy (non-hydrogen) atoms. The number of anilines is 1. The van der Waals surface area contributed by atoms with Gasteiger partial charge in [-0.1, -0.05) is 91.0 Å². The van der Waals surface area contributed by atoms with Crippen LogP contribution in [-0.2, 0) is 10.2 Å². The summed E-state index contributed by atoms with van der Waals surface area (Å²) in [5.74, 6) is -2.37. The zero-order valence-electron chi connectivity index (χ0n) is 21.6. The number of halogens is 1. The second-order valence-corrected chi connectivity index (χ2v) is 10.1. The van der Waals surface area contributed by atoms with Crippen molar-refractivity contribution in [2.75, 3.05) is 4.90 Å². The quantitative estimate of drug-likeness (QED) is 0.236. The molecule has 6 aromatic rings. The lowest BCUT2D eigenvalue weighted by molar-refractivity contribution is -0.120. The van der Waals surface area contributed by atoms with E-state index in [1.54, 1.807) is 78.9 Å². The number of phenolic OH excluding ortho intramolecular Hbond substituents is 2. The van der Waals surface area contributed by atoms with Crippen LogP contribution >= 0.6 is 0 Å². The molecule has 1 aliphatic rings. The molecular weight excluding hydrogens is 517 g/mol. The number of carbonyl (C=O) groups excluding carboxylic acids is 2. The molecular formula is C35H22FNO4. The summed E-state index contributed by atoms with van der Waals surface area (Å²) in [7, 11) is 0. The highest BCUT2D eigenvalue weighted by Gasteiger charge is 2.58. The second kappa shape index (κ2) is 9.03. The standard InChI is InChI=1S/C35H22FNO4/c36-24-16-19-30-29(20-24)35(27-17-14-21-8-4-6-12-25(21)31(27)38,28-18-15-22-9-5-7-13-26(22)32(28)39)34(41)37(30)33(40)23-10-2-1-3-11-23/h1-20,38-39H. The molecule has 1 heterocycles. The zero-order valence-corrected chi connectivity index (χ0v) is 21.6. The van der Waals surface area contributed by atoms with E-state index < -0.39 is 23.0 Å². The van der Waals surface area contributed by atoms with Gasteiger partial charge in [0.2, 0.25) is 0 Å². The Hall–Kier alpha value is -5.49. The summed E-state index contributed by atoms with van der Waals surface area (Å²) in [5.41, 5.74) is -1.13. The normalized spacial score (nSPS) is 14.0. The number of hydrogen-bond donors (Lipinski definition) is 2. The molecule has 198 valence electrons. The third-order valence-electron chi connectivity index (χ3n) is 7.96. The fourth-order valence-electron chi connectivity index (χ4n) is 6.09. The van der Waals surface area contributed by atoms with E-state index in [1.165, 1.54) is 18.2 Å². The summed E-state index contributed by atoms with van der Waals surface area (Å²) < 4.78 is 15.1. The third-order valence-corrected chi connectivity index (χ3v) is 7.96. The first kappa shape index (κ1) is 24.5. The predicted molar refractivity (Wildman–Crippen MR) is 156 cm³/mol. The lowest BCUT2D eigenvalue weighted by Gasteiger charge is -2.32. The maximum absolute atomic E-state index is 15.1.